The SMILES string of the molecule is CCNC(=NCc1ccc(SC)cc1)NCC1(C)CCCO1. The van der Waals surface area contributed by atoms with Crippen molar-refractivity contribution >= 4 is 17.7 Å². The van der Waals surface area contributed by atoms with Crippen LogP contribution in [0.1, 0.15) is 32.3 Å². The second-order valence-electron chi connectivity index (χ2n) is 5.80. The Morgan fingerprint density at radius 1 is 1.32 bits per heavy atom. The van der Waals surface area contributed by atoms with Gasteiger partial charge in [0.15, 0.2) is 5.96 Å². The van der Waals surface area contributed by atoms with Gasteiger partial charge in [-0.3, -0.25) is 0 Å². The fourth-order valence-corrected chi connectivity index (χ4v) is 2.90. The van der Waals surface area contributed by atoms with E-state index in [0.717, 1.165) is 38.5 Å². The summed E-state index contributed by atoms with van der Waals surface area (Å²) in [6.45, 7) is 7.45. The lowest BCUT2D eigenvalue weighted by Gasteiger charge is -2.24. The third-order valence-electron chi connectivity index (χ3n) is 3.85. The molecule has 1 aliphatic heterocycles. The zero-order valence-electron chi connectivity index (χ0n) is 13.8. The Kier molecular flexibility index (Phi) is 6.58. The first-order valence-corrected chi connectivity index (χ1v) is 9.17. The molecule has 22 heavy (non-hydrogen) atoms. The minimum Gasteiger partial charge on any atom is -0.373 e. The van der Waals surface area contributed by atoms with Crippen molar-refractivity contribution in [3.8, 4) is 0 Å². The van der Waals surface area contributed by atoms with Crippen LogP contribution in [-0.2, 0) is 11.3 Å². The maximum Gasteiger partial charge on any atom is 0.191 e. The van der Waals surface area contributed by atoms with Crippen LogP contribution in [0.5, 0.6) is 0 Å². The quantitative estimate of drug-likeness (QED) is 0.480. The molecule has 1 aromatic rings. The summed E-state index contributed by atoms with van der Waals surface area (Å²) < 4.78 is 5.81. The average molecular weight is 321 g/mol. The molecule has 5 heteroatoms. The van der Waals surface area contributed by atoms with Gasteiger partial charge in [0.05, 0.1) is 12.1 Å². The fourth-order valence-electron chi connectivity index (χ4n) is 2.49. The molecule has 1 aromatic carbocycles. The molecule has 4 nitrogen and oxygen atoms in total. The van der Waals surface area contributed by atoms with Crippen molar-refractivity contribution in [3.05, 3.63) is 29.8 Å². The van der Waals surface area contributed by atoms with Gasteiger partial charge in [-0.1, -0.05) is 12.1 Å². The number of rotatable bonds is 6. The maximum atomic E-state index is 5.81. The summed E-state index contributed by atoms with van der Waals surface area (Å²) in [5.41, 5.74) is 1.16. The number of guanidine groups is 1. The molecule has 0 aliphatic carbocycles. The number of aliphatic imine (C=N–C) groups is 1. The van der Waals surface area contributed by atoms with E-state index in [4.69, 9.17) is 4.74 Å². The summed E-state index contributed by atoms with van der Waals surface area (Å²) in [7, 11) is 0. The molecule has 1 heterocycles. The van der Waals surface area contributed by atoms with E-state index < -0.39 is 0 Å². The summed E-state index contributed by atoms with van der Waals surface area (Å²) in [5, 5.41) is 6.70. The molecule has 1 aliphatic rings. The van der Waals surface area contributed by atoms with E-state index in [1.165, 1.54) is 10.5 Å². The van der Waals surface area contributed by atoms with Crippen LogP contribution < -0.4 is 10.6 Å². The van der Waals surface area contributed by atoms with Crippen LogP contribution in [0.25, 0.3) is 0 Å². The normalized spacial score (nSPS) is 21.9. The molecule has 0 spiro atoms. The third kappa shape index (κ3) is 5.21. The van der Waals surface area contributed by atoms with Crippen molar-refractivity contribution in [2.45, 2.75) is 43.7 Å². The molecular weight excluding hydrogens is 294 g/mol. The molecule has 0 bridgehead atoms. The monoisotopic (exact) mass is 321 g/mol. The Morgan fingerprint density at radius 2 is 2.09 bits per heavy atom. The Balaban J connectivity index is 1.90. The lowest BCUT2D eigenvalue weighted by molar-refractivity contribution is 0.0243. The van der Waals surface area contributed by atoms with Gasteiger partial charge in [0.25, 0.3) is 0 Å². The minimum atomic E-state index is -0.0593. The molecule has 0 amide bonds. The topological polar surface area (TPSA) is 45.7 Å². The lowest BCUT2D eigenvalue weighted by atomic mass is 10.0. The fraction of sp³-hybridized carbons (Fsp3) is 0.588. The van der Waals surface area contributed by atoms with E-state index in [1.54, 1.807) is 11.8 Å². The number of hydrogen-bond donors (Lipinski definition) is 2. The summed E-state index contributed by atoms with van der Waals surface area (Å²) >= 11 is 1.76. The highest BCUT2D eigenvalue weighted by atomic mass is 32.2. The van der Waals surface area contributed by atoms with Crippen LogP contribution in [-0.4, -0.2) is 37.5 Å². The van der Waals surface area contributed by atoms with Crippen molar-refractivity contribution in [2.75, 3.05) is 26.0 Å². The standard InChI is InChI=1S/C17H27N3OS/c1-4-18-16(20-13-17(2)10-5-11-21-17)19-12-14-6-8-15(22-3)9-7-14/h6-9H,4-5,10-13H2,1-3H3,(H2,18,19,20). The molecule has 122 valence electrons. The number of thioether (sulfide) groups is 1. The van der Waals surface area contributed by atoms with Gasteiger partial charge in [-0.25, -0.2) is 4.99 Å². The van der Waals surface area contributed by atoms with Gasteiger partial charge in [-0.2, -0.15) is 0 Å². The number of nitrogens with zero attached hydrogens (tertiary/aromatic N) is 1. The van der Waals surface area contributed by atoms with Crippen LogP contribution >= 0.6 is 11.8 Å². The summed E-state index contributed by atoms with van der Waals surface area (Å²) in [4.78, 5) is 5.94. The van der Waals surface area contributed by atoms with Crippen LogP contribution in [0.3, 0.4) is 0 Å². The maximum absolute atomic E-state index is 5.81. The second-order valence-corrected chi connectivity index (χ2v) is 6.68. The third-order valence-corrected chi connectivity index (χ3v) is 4.60. The van der Waals surface area contributed by atoms with Crippen LogP contribution in [0.4, 0.5) is 0 Å². The largest absolute Gasteiger partial charge is 0.373 e. The van der Waals surface area contributed by atoms with Gasteiger partial charge in [0.1, 0.15) is 0 Å². The Hall–Kier alpha value is -1.20. The number of hydrogen-bond acceptors (Lipinski definition) is 3. The van der Waals surface area contributed by atoms with E-state index in [-0.39, 0.29) is 5.60 Å². The highest BCUT2D eigenvalue weighted by Crippen LogP contribution is 2.23. The zero-order chi connectivity index (χ0) is 15.8. The van der Waals surface area contributed by atoms with Crippen LogP contribution in [0.15, 0.2) is 34.2 Å². The molecule has 1 atom stereocenters. The molecule has 0 saturated carbocycles. The minimum absolute atomic E-state index is 0.0593. The predicted octanol–water partition coefficient (Wildman–Crippen LogP) is 3.03. The van der Waals surface area contributed by atoms with Gasteiger partial charge in [-0.05, 0) is 50.6 Å². The first-order chi connectivity index (χ1) is 10.6. The van der Waals surface area contributed by atoms with Gasteiger partial charge < -0.3 is 15.4 Å². The average Bonchev–Trinajstić information content (AvgIpc) is 2.98. The number of ether oxygens (including phenoxy) is 1. The molecule has 1 fully saturated rings. The highest BCUT2D eigenvalue weighted by Gasteiger charge is 2.29. The molecular formula is C17H27N3OS. The first-order valence-electron chi connectivity index (χ1n) is 7.94. The Bertz CT molecular complexity index is 481. The molecule has 2 N–H and O–H groups in total. The highest BCUT2D eigenvalue weighted by molar-refractivity contribution is 7.98. The van der Waals surface area contributed by atoms with E-state index in [0.29, 0.717) is 6.54 Å². The van der Waals surface area contributed by atoms with Crippen LogP contribution in [0.2, 0.25) is 0 Å². The van der Waals surface area contributed by atoms with E-state index in [1.807, 2.05) is 0 Å². The number of nitrogens with one attached hydrogen (secondary N) is 2. The van der Waals surface area contributed by atoms with E-state index >= 15 is 0 Å². The zero-order valence-corrected chi connectivity index (χ0v) is 14.6. The van der Waals surface area contributed by atoms with Crippen molar-refractivity contribution in [1.29, 1.82) is 0 Å². The van der Waals surface area contributed by atoms with Gasteiger partial charge >= 0.3 is 0 Å². The van der Waals surface area contributed by atoms with Gasteiger partial charge in [-0.15, -0.1) is 11.8 Å². The van der Waals surface area contributed by atoms with Gasteiger partial charge in [0, 0.05) is 24.6 Å². The Morgan fingerprint density at radius 3 is 2.68 bits per heavy atom. The smallest absolute Gasteiger partial charge is 0.191 e. The van der Waals surface area contributed by atoms with Crippen molar-refractivity contribution in [3.63, 3.8) is 0 Å². The lowest BCUT2D eigenvalue weighted by Crippen LogP contribution is -2.45. The summed E-state index contributed by atoms with van der Waals surface area (Å²) in [6.07, 6.45) is 4.34. The van der Waals surface area contributed by atoms with E-state index in [9.17, 15) is 0 Å². The second kappa shape index (κ2) is 8.44. The molecule has 2 rings (SSSR count). The molecule has 0 aromatic heterocycles. The Labute approximate surface area is 138 Å². The summed E-state index contributed by atoms with van der Waals surface area (Å²) in [6, 6.07) is 8.56. The van der Waals surface area contributed by atoms with Crippen LogP contribution in [0, 0.1) is 0 Å². The summed E-state index contributed by atoms with van der Waals surface area (Å²) in [5.74, 6) is 0.855. The van der Waals surface area contributed by atoms with Gasteiger partial charge in [0.2, 0.25) is 0 Å². The van der Waals surface area contributed by atoms with Crippen molar-refractivity contribution in [1.82, 2.24) is 10.6 Å². The predicted molar refractivity (Wildman–Crippen MR) is 94.6 cm³/mol. The van der Waals surface area contributed by atoms with E-state index in [2.05, 4.69) is 60.0 Å². The molecule has 0 radical (unpaired) electrons. The molecule has 1 unspecified atom stereocenters. The van der Waals surface area contributed by atoms with Crippen molar-refractivity contribution < 1.29 is 4.74 Å². The molecule has 1 saturated heterocycles. The first kappa shape index (κ1) is 17.2. The number of benzene rings is 1. The van der Waals surface area contributed by atoms with Crippen molar-refractivity contribution in [2.24, 2.45) is 4.99 Å².